The highest BCUT2D eigenvalue weighted by Crippen LogP contribution is 2.46. The smallest absolute Gasteiger partial charge is 0.243 e. The maximum atomic E-state index is 11.8. The zero-order chi connectivity index (χ0) is 27.5. The summed E-state index contributed by atoms with van der Waals surface area (Å²) in [5, 5.41) is 7.62. The first kappa shape index (κ1) is 27.4. The van der Waals surface area contributed by atoms with Gasteiger partial charge in [-0.2, -0.15) is 0 Å². The first-order valence-corrected chi connectivity index (χ1v) is 13.3. The summed E-state index contributed by atoms with van der Waals surface area (Å²) in [5.74, 6) is 1.30. The first-order chi connectivity index (χ1) is 18.9. The fraction of sp³-hybridized carbons (Fsp3) is 0.407. The number of benzene rings is 1. The highest BCUT2D eigenvalue weighted by atomic mass is 35.5. The van der Waals surface area contributed by atoms with Gasteiger partial charge in [-0.25, -0.2) is 9.97 Å². The Bertz CT molecular complexity index is 1370. The molecule has 2 N–H and O–H groups in total. The van der Waals surface area contributed by atoms with Gasteiger partial charge in [0.25, 0.3) is 0 Å². The van der Waals surface area contributed by atoms with E-state index in [4.69, 9.17) is 52.1 Å². The van der Waals surface area contributed by atoms with Crippen LogP contribution in [0.1, 0.15) is 12.1 Å². The van der Waals surface area contributed by atoms with Gasteiger partial charge >= 0.3 is 0 Å². The van der Waals surface area contributed by atoms with Gasteiger partial charge in [-0.15, -0.1) is 0 Å². The zero-order valence-corrected chi connectivity index (χ0v) is 23.1. The molecule has 2 saturated heterocycles. The molecule has 0 spiro atoms. The van der Waals surface area contributed by atoms with Crippen molar-refractivity contribution < 1.29 is 23.7 Å². The number of halogens is 2. The number of carbonyl (C=O) groups excluding carboxylic acids is 1. The standard InChI is InChI=1S/C27H29Cl2N5O5/c1-4-22(35)32-18-12-39-13-19(18)33-27-30-10-15-8-16(23-24(28)20(36-2)9-21(37-3)25(23)29)31-17(26(15)34-27)7-14-5-6-38-11-14/h4,8-10,14,18-19H,1,5-7,11-13H2,2-3H3,(H,32,35)(H,30,33,34)/t14?,18-,19+/m0/s1. The van der Waals surface area contributed by atoms with E-state index in [0.717, 1.165) is 17.5 Å². The van der Waals surface area contributed by atoms with Crippen LogP contribution in [0.4, 0.5) is 5.95 Å². The SMILES string of the molecule is C=CC(=O)N[C@H]1COC[C@H]1Nc1ncc2cc(-c3c(Cl)c(OC)cc(OC)c3Cl)nc(CC3CCOC3)c2n1. The highest BCUT2D eigenvalue weighted by molar-refractivity contribution is 6.41. The van der Waals surface area contributed by atoms with Crippen molar-refractivity contribution in [1.82, 2.24) is 20.3 Å². The molecule has 0 saturated carbocycles. The quantitative estimate of drug-likeness (QED) is 0.365. The van der Waals surface area contributed by atoms with Gasteiger partial charge < -0.3 is 29.6 Å². The minimum atomic E-state index is -0.263. The number of nitrogens with one attached hydrogen (secondary N) is 2. The monoisotopic (exact) mass is 573 g/mol. The molecule has 12 heteroatoms. The molecule has 39 heavy (non-hydrogen) atoms. The molecule has 206 valence electrons. The van der Waals surface area contributed by atoms with E-state index in [0.29, 0.717) is 83.0 Å². The number of ether oxygens (including phenoxy) is 4. The summed E-state index contributed by atoms with van der Waals surface area (Å²) in [6.07, 6.45) is 4.56. The van der Waals surface area contributed by atoms with E-state index in [1.807, 2.05) is 6.07 Å². The van der Waals surface area contributed by atoms with E-state index >= 15 is 0 Å². The van der Waals surface area contributed by atoms with Crippen LogP contribution in [0, 0.1) is 5.92 Å². The first-order valence-electron chi connectivity index (χ1n) is 12.5. The molecule has 10 nitrogen and oxygen atoms in total. The number of anilines is 1. The van der Waals surface area contributed by atoms with E-state index in [1.165, 1.54) is 20.3 Å². The Morgan fingerprint density at radius 1 is 1.10 bits per heavy atom. The predicted octanol–water partition coefficient (Wildman–Crippen LogP) is 4.08. The number of pyridine rings is 1. The Kier molecular flexibility index (Phi) is 8.37. The van der Waals surface area contributed by atoms with E-state index in [9.17, 15) is 4.79 Å². The lowest BCUT2D eigenvalue weighted by molar-refractivity contribution is -0.117. The van der Waals surface area contributed by atoms with E-state index < -0.39 is 0 Å². The van der Waals surface area contributed by atoms with Gasteiger partial charge in [0.15, 0.2) is 0 Å². The van der Waals surface area contributed by atoms with Gasteiger partial charge in [0, 0.05) is 36.4 Å². The summed E-state index contributed by atoms with van der Waals surface area (Å²) in [4.78, 5) is 26.2. The van der Waals surface area contributed by atoms with Crippen molar-refractivity contribution >= 4 is 46.0 Å². The molecule has 2 aliphatic rings. The molecule has 3 atom stereocenters. The van der Waals surface area contributed by atoms with Gasteiger partial charge in [-0.05, 0) is 30.9 Å². The minimum absolute atomic E-state index is 0.202. The van der Waals surface area contributed by atoms with Crippen LogP contribution in [0.2, 0.25) is 10.0 Å². The summed E-state index contributed by atoms with van der Waals surface area (Å²) >= 11 is 13.4. The Morgan fingerprint density at radius 3 is 2.51 bits per heavy atom. The van der Waals surface area contributed by atoms with Gasteiger partial charge in [0.05, 0.1) is 66.5 Å². The predicted molar refractivity (Wildman–Crippen MR) is 149 cm³/mol. The van der Waals surface area contributed by atoms with Crippen molar-refractivity contribution in [2.45, 2.75) is 24.9 Å². The van der Waals surface area contributed by atoms with Crippen molar-refractivity contribution in [2.75, 3.05) is 46.0 Å². The van der Waals surface area contributed by atoms with Crippen LogP contribution in [-0.4, -0.2) is 73.6 Å². The Balaban J connectivity index is 1.56. The van der Waals surface area contributed by atoms with E-state index in [-0.39, 0.29) is 18.0 Å². The van der Waals surface area contributed by atoms with Gasteiger partial charge in [-0.3, -0.25) is 9.78 Å². The van der Waals surface area contributed by atoms with Crippen LogP contribution in [0.25, 0.3) is 22.2 Å². The van der Waals surface area contributed by atoms with Crippen LogP contribution in [0.15, 0.2) is 31.0 Å². The van der Waals surface area contributed by atoms with Crippen molar-refractivity contribution in [3.8, 4) is 22.8 Å². The van der Waals surface area contributed by atoms with Crippen molar-refractivity contribution in [3.63, 3.8) is 0 Å². The molecule has 1 amide bonds. The minimum Gasteiger partial charge on any atom is -0.495 e. The second-order valence-corrected chi connectivity index (χ2v) is 10.2. The number of amides is 1. The zero-order valence-electron chi connectivity index (χ0n) is 21.6. The lowest BCUT2D eigenvalue weighted by Crippen LogP contribution is -2.45. The molecule has 5 rings (SSSR count). The van der Waals surface area contributed by atoms with Crippen LogP contribution in [0.5, 0.6) is 11.5 Å². The van der Waals surface area contributed by atoms with Crippen LogP contribution < -0.4 is 20.1 Å². The Morgan fingerprint density at radius 2 is 1.85 bits per heavy atom. The average molecular weight is 574 g/mol. The topological polar surface area (TPSA) is 117 Å². The number of rotatable bonds is 9. The number of methoxy groups -OCH3 is 2. The number of carbonyl (C=O) groups is 1. The second kappa shape index (κ2) is 11.9. The summed E-state index contributed by atoms with van der Waals surface area (Å²) in [6.45, 7) is 5.67. The lowest BCUT2D eigenvalue weighted by atomic mass is 9.99. The van der Waals surface area contributed by atoms with Crippen molar-refractivity contribution in [2.24, 2.45) is 5.92 Å². The summed E-state index contributed by atoms with van der Waals surface area (Å²) < 4.78 is 22.1. The number of hydrogen-bond donors (Lipinski definition) is 2. The molecule has 1 aromatic carbocycles. The Labute approximate surface area is 236 Å². The molecule has 0 radical (unpaired) electrons. The third-order valence-electron chi connectivity index (χ3n) is 6.88. The second-order valence-electron chi connectivity index (χ2n) is 9.41. The molecule has 3 aromatic rings. The number of aromatic nitrogens is 3. The number of hydrogen-bond acceptors (Lipinski definition) is 9. The summed E-state index contributed by atoms with van der Waals surface area (Å²) in [6, 6.07) is 3.06. The molecule has 1 unspecified atom stereocenters. The normalized spacial score (nSPS) is 20.7. The highest BCUT2D eigenvalue weighted by Gasteiger charge is 2.30. The maximum absolute atomic E-state index is 11.8. The van der Waals surface area contributed by atoms with Crippen molar-refractivity contribution in [3.05, 3.63) is 46.7 Å². The fourth-order valence-corrected chi connectivity index (χ4v) is 5.51. The average Bonchev–Trinajstić information content (AvgIpc) is 3.61. The number of fused-ring (bicyclic) bond motifs is 1. The molecule has 2 fully saturated rings. The molecule has 0 aliphatic carbocycles. The molecular formula is C27H29Cl2N5O5. The van der Waals surface area contributed by atoms with Crippen molar-refractivity contribution in [1.29, 1.82) is 0 Å². The Hall–Kier alpha value is -3.18. The third-order valence-corrected chi connectivity index (χ3v) is 7.63. The third kappa shape index (κ3) is 5.74. The molecule has 0 bridgehead atoms. The van der Waals surface area contributed by atoms with Gasteiger partial charge in [-0.1, -0.05) is 29.8 Å². The van der Waals surface area contributed by atoms with Crippen LogP contribution in [-0.2, 0) is 20.7 Å². The largest absolute Gasteiger partial charge is 0.495 e. The molecule has 2 aliphatic heterocycles. The maximum Gasteiger partial charge on any atom is 0.243 e. The van der Waals surface area contributed by atoms with E-state index in [2.05, 4.69) is 22.2 Å². The van der Waals surface area contributed by atoms with E-state index in [1.54, 1.807) is 12.3 Å². The summed E-state index contributed by atoms with van der Waals surface area (Å²) in [5.41, 5.74) is 2.54. The molecule has 4 heterocycles. The fourth-order valence-electron chi connectivity index (χ4n) is 4.82. The number of nitrogens with zero attached hydrogens (tertiary/aromatic N) is 3. The van der Waals surface area contributed by atoms with Crippen LogP contribution in [0.3, 0.4) is 0 Å². The van der Waals surface area contributed by atoms with Gasteiger partial charge in [0.2, 0.25) is 11.9 Å². The summed E-state index contributed by atoms with van der Waals surface area (Å²) in [7, 11) is 3.06. The van der Waals surface area contributed by atoms with Gasteiger partial charge in [0.1, 0.15) is 11.5 Å². The van der Waals surface area contributed by atoms with Crippen LogP contribution >= 0.6 is 23.2 Å². The molecular weight excluding hydrogens is 545 g/mol. The lowest BCUT2D eigenvalue weighted by Gasteiger charge is -2.20. The molecule has 2 aromatic heterocycles.